The highest BCUT2D eigenvalue weighted by Gasteiger charge is 2.17. The summed E-state index contributed by atoms with van der Waals surface area (Å²) in [6.07, 6.45) is 1.82. The van der Waals surface area contributed by atoms with Crippen LogP contribution >= 0.6 is 11.3 Å². The van der Waals surface area contributed by atoms with Crippen LogP contribution in [0.15, 0.2) is 28.8 Å². The molecule has 0 fully saturated rings. The minimum atomic E-state index is 0.757. The van der Waals surface area contributed by atoms with E-state index >= 15 is 0 Å². The molecule has 2 heterocycles. The molecule has 0 N–H and O–H groups in total. The van der Waals surface area contributed by atoms with E-state index in [1.807, 2.05) is 18.3 Å². The van der Waals surface area contributed by atoms with Crippen LogP contribution in [0.1, 0.15) is 4.88 Å². The molecule has 2 aromatic rings. The van der Waals surface area contributed by atoms with Gasteiger partial charge in [-0.15, -0.1) is 11.3 Å². The molecular formula is C12H10N2O2S. The fraction of sp³-hybridized carbons (Fsp3) is 0.167. The smallest absolute Gasteiger partial charge is 0.134 e. The lowest BCUT2D eigenvalue weighted by molar-refractivity contribution is 0.390. The number of aromatic nitrogens is 1. The van der Waals surface area contributed by atoms with E-state index < -0.39 is 0 Å². The lowest BCUT2D eigenvalue weighted by Crippen LogP contribution is -2.36. The van der Waals surface area contributed by atoms with Crippen molar-refractivity contribution in [2.24, 2.45) is 4.99 Å². The number of methoxy groups -OCH3 is 2. The molecule has 0 radical (unpaired) electrons. The normalized spacial score (nSPS) is 12.5. The monoisotopic (exact) mass is 246 g/mol. The summed E-state index contributed by atoms with van der Waals surface area (Å²) in [5.74, 6) is 1.55. The van der Waals surface area contributed by atoms with E-state index in [9.17, 15) is 0 Å². The topological polar surface area (TPSA) is 43.7 Å². The second kappa shape index (κ2) is 3.85. The summed E-state index contributed by atoms with van der Waals surface area (Å²) in [6, 6.07) is 3.77. The summed E-state index contributed by atoms with van der Waals surface area (Å²) in [7, 11) is 3.28. The number of benzene rings is 1. The van der Waals surface area contributed by atoms with Gasteiger partial charge in [0.1, 0.15) is 11.5 Å². The third-order valence-electron chi connectivity index (χ3n) is 2.65. The van der Waals surface area contributed by atoms with Crippen molar-refractivity contribution in [2.45, 2.75) is 0 Å². The van der Waals surface area contributed by atoms with Crippen LogP contribution in [0.25, 0.3) is 5.70 Å². The van der Waals surface area contributed by atoms with Crippen LogP contribution < -0.4 is 20.0 Å². The van der Waals surface area contributed by atoms with Gasteiger partial charge in [-0.05, 0) is 0 Å². The molecule has 0 spiro atoms. The predicted octanol–water partition coefficient (Wildman–Crippen LogP) is 0.950. The lowest BCUT2D eigenvalue weighted by atomic mass is 10.1. The quantitative estimate of drug-likeness (QED) is 0.810. The highest BCUT2D eigenvalue weighted by Crippen LogP contribution is 2.22. The van der Waals surface area contributed by atoms with Crippen LogP contribution in [0.3, 0.4) is 0 Å². The molecular weight excluding hydrogens is 236 g/mol. The molecule has 0 aliphatic carbocycles. The van der Waals surface area contributed by atoms with Crippen molar-refractivity contribution in [3.05, 3.63) is 39.3 Å². The van der Waals surface area contributed by atoms with Gasteiger partial charge in [-0.2, -0.15) is 0 Å². The van der Waals surface area contributed by atoms with Crippen molar-refractivity contribution in [1.29, 1.82) is 0 Å². The Morgan fingerprint density at radius 1 is 1.18 bits per heavy atom. The molecule has 4 nitrogen and oxygen atoms in total. The molecule has 86 valence electrons. The predicted molar refractivity (Wildman–Crippen MR) is 65.0 cm³/mol. The van der Waals surface area contributed by atoms with E-state index in [0.29, 0.717) is 0 Å². The highest BCUT2D eigenvalue weighted by atomic mass is 32.1. The third kappa shape index (κ3) is 1.51. The van der Waals surface area contributed by atoms with Crippen molar-refractivity contribution < 1.29 is 9.47 Å². The first kappa shape index (κ1) is 10.3. The first-order chi connectivity index (χ1) is 8.33. The summed E-state index contributed by atoms with van der Waals surface area (Å²) in [4.78, 5) is 9.59. The Kier molecular flexibility index (Phi) is 2.33. The minimum Gasteiger partial charge on any atom is -0.497 e. The summed E-state index contributed by atoms with van der Waals surface area (Å²) in [5, 5.41) is 1.95. The largest absolute Gasteiger partial charge is 0.497 e. The molecule has 3 rings (SSSR count). The van der Waals surface area contributed by atoms with Gasteiger partial charge in [-0.1, -0.05) is 0 Å². The maximum atomic E-state index is 5.37. The van der Waals surface area contributed by atoms with Gasteiger partial charge in [0.05, 0.1) is 40.9 Å². The van der Waals surface area contributed by atoms with Crippen LogP contribution in [0.4, 0.5) is 0 Å². The fourth-order valence-corrected chi connectivity index (χ4v) is 2.43. The van der Waals surface area contributed by atoms with Crippen molar-refractivity contribution in [3.63, 3.8) is 0 Å². The van der Waals surface area contributed by atoms with E-state index in [1.165, 1.54) is 0 Å². The zero-order chi connectivity index (χ0) is 11.8. The summed E-state index contributed by atoms with van der Waals surface area (Å²) < 4.78 is 10.6. The maximum Gasteiger partial charge on any atom is 0.134 e. The molecule has 1 aromatic carbocycles. The van der Waals surface area contributed by atoms with Crippen LogP contribution in [0.5, 0.6) is 11.5 Å². The highest BCUT2D eigenvalue weighted by molar-refractivity contribution is 7.10. The molecule has 0 atom stereocenters. The van der Waals surface area contributed by atoms with Gasteiger partial charge in [0, 0.05) is 18.3 Å². The number of fused-ring (bicyclic) bond motifs is 1. The van der Waals surface area contributed by atoms with Gasteiger partial charge in [0.15, 0.2) is 0 Å². The van der Waals surface area contributed by atoms with Crippen LogP contribution in [-0.4, -0.2) is 19.2 Å². The Hall–Kier alpha value is -1.88. The number of hydrogen-bond acceptors (Lipinski definition) is 5. The minimum absolute atomic E-state index is 0.757. The summed E-state index contributed by atoms with van der Waals surface area (Å²) >= 11 is 1.57. The summed E-state index contributed by atoms with van der Waals surface area (Å²) in [5.41, 5.74) is 2.74. The molecule has 0 saturated carbocycles. The van der Waals surface area contributed by atoms with Gasteiger partial charge in [0.25, 0.3) is 0 Å². The average molecular weight is 246 g/mol. The van der Waals surface area contributed by atoms with E-state index in [2.05, 4.69) is 9.98 Å². The van der Waals surface area contributed by atoms with E-state index in [4.69, 9.17) is 9.47 Å². The molecule has 0 saturated heterocycles. The SMILES string of the molecule is COc1cc(OC)c2c(c1)=NC=2c1cncs1. The molecule has 0 unspecified atom stereocenters. The molecule has 17 heavy (non-hydrogen) atoms. The standard InChI is InChI=1S/C12H10N2O2S/c1-15-7-3-8-11(9(4-7)16-2)12(14-8)10-5-13-6-17-10/h3-6H,1-2H3. The van der Waals surface area contributed by atoms with Crippen LogP contribution in [0.2, 0.25) is 0 Å². The zero-order valence-electron chi connectivity index (χ0n) is 9.43. The Morgan fingerprint density at radius 3 is 2.71 bits per heavy atom. The number of rotatable bonds is 3. The van der Waals surface area contributed by atoms with Crippen molar-refractivity contribution in [3.8, 4) is 11.5 Å². The van der Waals surface area contributed by atoms with Crippen molar-refractivity contribution in [1.82, 2.24) is 4.98 Å². The van der Waals surface area contributed by atoms with Crippen LogP contribution in [-0.2, 0) is 0 Å². The molecule has 0 bridgehead atoms. The summed E-state index contributed by atoms with van der Waals surface area (Å²) in [6.45, 7) is 0. The van der Waals surface area contributed by atoms with E-state index in [0.717, 1.165) is 32.6 Å². The fourth-order valence-electron chi connectivity index (χ4n) is 1.82. The van der Waals surface area contributed by atoms with Crippen molar-refractivity contribution in [2.75, 3.05) is 14.2 Å². The number of ether oxygens (including phenoxy) is 2. The average Bonchev–Trinajstić information content (AvgIpc) is 2.83. The first-order valence-electron chi connectivity index (χ1n) is 5.07. The molecule has 1 aliphatic heterocycles. The van der Waals surface area contributed by atoms with E-state index in [-0.39, 0.29) is 0 Å². The lowest BCUT2D eigenvalue weighted by Gasteiger charge is -2.13. The Morgan fingerprint density at radius 2 is 2.06 bits per heavy atom. The van der Waals surface area contributed by atoms with Gasteiger partial charge >= 0.3 is 0 Å². The Bertz CT molecular complexity index is 677. The Labute approximate surface area is 102 Å². The maximum absolute atomic E-state index is 5.37. The number of hydrogen-bond donors (Lipinski definition) is 0. The molecule has 5 heteroatoms. The molecule has 1 aliphatic rings. The Balaban J connectivity index is 2.25. The third-order valence-corrected chi connectivity index (χ3v) is 3.43. The molecule has 1 aromatic heterocycles. The van der Waals surface area contributed by atoms with Gasteiger partial charge in [-0.25, -0.2) is 4.99 Å². The number of nitrogens with zero attached hydrogens (tertiary/aromatic N) is 2. The second-order valence-corrected chi connectivity index (χ2v) is 4.44. The number of thiazole rings is 1. The molecule has 0 amide bonds. The second-order valence-electron chi connectivity index (χ2n) is 3.55. The van der Waals surface area contributed by atoms with Gasteiger partial charge < -0.3 is 9.47 Å². The first-order valence-corrected chi connectivity index (χ1v) is 5.95. The van der Waals surface area contributed by atoms with Gasteiger partial charge in [0.2, 0.25) is 0 Å². The van der Waals surface area contributed by atoms with E-state index in [1.54, 1.807) is 31.1 Å². The van der Waals surface area contributed by atoms with Crippen LogP contribution in [0, 0.1) is 0 Å². The zero-order valence-corrected chi connectivity index (χ0v) is 10.2. The van der Waals surface area contributed by atoms with Gasteiger partial charge in [-0.3, -0.25) is 4.98 Å². The van der Waals surface area contributed by atoms with Crippen molar-refractivity contribution >= 4 is 17.0 Å².